The highest BCUT2D eigenvalue weighted by molar-refractivity contribution is 7.90. The Kier molecular flexibility index (Phi) is 16.0. The summed E-state index contributed by atoms with van der Waals surface area (Å²) in [6.45, 7) is 0. The summed E-state index contributed by atoms with van der Waals surface area (Å²) >= 11 is 6.28. The van der Waals surface area contributed by atoms with E-state index < -0.39 is 147 Å². The number of halogens is 1. The first-order chi connectivity index (χ1) is 38.4. The van der Waals surface area contributed by atoms with Crippen LogP contribution in [0, 0.1) is 0 Å². The Morgan fingerprint density at radius 1 is 0.554 bits per heavy atom. The number of aromatic nitrogens is 3. The van der Waals surface area contributed by atoms with Gasteiger partial charge in [-0.2, -0.15) is 62.2 Å². The average Bonchev–Trinajstić information content (AvgIpc) is 1.58. The number of nitrogens with zero attached hydrogens (tertiary/aromatic N) is 10. The SMILES string of the molecule is COc1ccc(N=Nc2c(S(=O)(=O)O)cc3cc(N(C)c4nc(Cl)nc(Nc5ccc(S(=O)(=O)O)c(N=Nc6c(S(=O)(=O)O)cc7cc(S(=O)(=O)O)c(N=Nc8ccc(S(C)(=O)=O)cc8)c(N)c7c6O)c5)n4)ccc3c2O)c(S(=O)(=O)O)c1. The van der Waals surface area contributed by atoms with Gasteiger partial charge in [0.05, 0.1) is 28.8 Å². The highest BCUT2D eigenvalue weighted by atomic mass is 35.5. The molecule has 0 saturated heterocycles. The zero-order chi connectivity index (χ0) is 61.1. The number of nitrogens with two attached hydrogens (primary N) is 1. The van der Waals surface area contributed by atoms with E-state index in [1.807, 2.05) is 0 Å². The van der Waals surface area contributed by atoms with E-state index in [2.05, 4.69) is 51.0 Å². The molecular formula is C44H35ClN12O20S6. The van der Waals surface area contributed by atoms with Gasteiger partial charge in [-0.3, -0.25) is 22.8 Å². The third kappa shape index (κ3) is 13.1. The van der Waals surface area contributed by atoms with Crippen LogP contribution >= 0.6 is 11.6 Å². The lowest BCUT2D eigenvalue weighted by molar-refractivity contribution is 0.412. The lowest BCUT2D eigenvalue weighted by Crippen LogP contribution is -2.15. The van der Waals surface area contributed by atoms with Crippen LogP contribution in [0.3, 0.4) is 0 Å². The summed E-state index contributed by atoms with van der Waals surface area (Å²) in [4.78, 5) is 8.36. The first-order valence-corrected chi connectivity index (χ1v) is 31.5. The molecule has 0 spiro atoms. The van der Waals surface area contributed by atoms with Gasteiger partial charge in [-0.25, -0.2) is 8.42 Å². The van der Waals surface area contributed by atoms with Crippen molar-refractivity contribution in [3.63, 3.8) is 0 Å². The van der Waals surface area contributed by atoms with Crippen LogP contribution < -0.4 is 20.7 Å². The van der Waals surface area contributed by atoms with Crippen LogP contribution in [0.1, 0.15) is 0 Å². The third-order valence-electron chi connectivity index (χ3n) is 11.4. The Labute approximate surface area is 473 Å². The van der Waals surface area contributed by atoms with Gasteiger partial charge in [-0.15, -0.1) is 25.6 Å². The van der Waals surface area contributed by atoms with E-state index in [0.29, 0.717) is 12.1 Å². The molecule has 0 bridgehead atoms. The summed E-state index contributed by atoms with van der Waals surface area (Å²) in [7, 11) is -27.3. The number of azo groups is 3. The van der Waals surface area contributed by atoms with Crippen LogP contribution in [0.15, 0.2) is 157 Å². The van der Waals surface area contributed by atoms with Crippen molar-refractivity contribution >= 4 is 157 Å². The molecule has 1 aromatic heterocycles. The Morgan fingerprint density at radius 3 is 1.66 bits per heavy atom. The summed E-state index contributed by atoms with van der Waals surface area (Å²) in [5.74, 6) is -2.76. The normalized spacial score (nSPS) is 13.0. The average molecular weight is 1280 g/mol. The number of phenolic OH excluding ortho intramolecular Hbond substituents is 2. The molecule has 8 rings (SSSR count). The van der Waals surface area contributed by atoms with Gasteiger partial charge in [-0.05, 0) is 113 Å². The molecule has 434 valence electrons. The number of hydrogen-bond donors (Lipinski definition) is 9. The second-order valence-corrected chi connectivity index (χ2v) is 26.3. The van der Waals surface area contributed by atoms with Gasteiger partial charge in [0, 0.05) is 36.1 Å². The number of phenols is 2. The molecule has 0 aliphatic heterocycles. The molecule has 0 fully saturated rings. The maximum absolute atomic E-state index is 12.8. The Hall–Kier alpha value is -8.54. The molecule has 7 aromatic carbocycles. The molecule has 39 heteroatoms. The first kappa shape index (κ1) is 60.6. The number of anilines is 5. The van der Waals surface area contributed by atoms with Crippen molar-refractivity contribution in [1.29, 1.82) is 0 Å². The van der Waals surface area contributed by atoms with Crippen molar-refractivity contribution in [1.82, 2.24) is 15.0 Å². The van der Waals surface area contributed by atoms with Crippen LogP contribution in [0.2, 0.25) is 5.28 Å². The minimum atomic E-state index is -5.49. The Bertz CT molecular complexity index is 4890. The lowest BCUT2D eigenvalue weighted by atomic mass is 10.1. The van der Waals surface area contributed by atoms with E-state index in [9.17, 15) is 83.5 Å². The van der Waals surface area contributed by atoms with E-state index in [1.54, 1.807) is 0 Å². The van der Waals surface area contributed by atoms with Crippen molar-refractivity contribution in [2.24, 2.45) is 30.7 Å². The number of benzene rings is 7. The van der Waals surface area contributed by atoms with Gasteiger partial charge >= 0.3 is 0 Å². The largest absolute Gasteiger partial charge is 0.505 e. The van der Waals surface area contributed by atoms with Crippen molar-refractivity contribution in [3.05, 3.63) is 102 Å². The first-order valence-electron chi connectivity index (χ1n) is 22.0. The van der Waals surface area contributed by atoms with Crippen molar-refractivity contribution in [2.45, 2.75) is 29.4 Å². The van der Waals surface area contributed by atoms with Crippen LogP contribution in [0.25, 0.3) is 21.5 Å². The van der Waals surface area contributed by atoms with E-state index in [0.717, 1.165) is 54.8 Å². The Balaban J connectivity index is 1.15. The predicted octanol–water partition coefficient (Wildman–Crippen LogP) is 8.23. The minimum Gasteiger partial charge on any atom is -0.505 e. The van der Waals surface area contributed by atoms with Crippen molar-refractivity contribution in [2.75, 3.05) is 36.4 Å². The summed E-state index contributed by atoms with van der Waals surface area (Å²) < 4.78 is 205. The van der Waals surface area contributed by atoms with Gasteiger partial charge in [0.2, 0.25) is 17.2 Å². The standard InChI is InChI=1S/C44H35ClN12O20S6/c1-57(24-7-11-27-20(14-24)15-33(82(71,72)73)38(40(27)58)55-52-28-12-8-25(77-2)19-31(28)80(65,66)67)44-49-42(45)48-43(50-44)47-23-6-13-30(79(62,63)64)29(18-23)53-56-39-34(83(74,75)76)17-21-16-32(81(68,69)70)37(36(46)35(21)41(39)59)54-51-22-4-9-26(10-5-22)78(3,60)61/h4-19,58-59H,46H2,1-3H3,(H,62,63,64)(H,65,66,67)(H,68,69,70)(H,71,72,73)(H,74,75,76)(H,47,48,49,50). The number of nitrogen functional groups attached to an aromatic ring is 1. The molecular weight excluding hydrogens is 1240 g/mol. The summed E-state index contributed by atoms with van der Waals surface area (Å²) in [5.41, 5.74) is 1.22. The number of ether oxygens (including phenoxy) is 1. The van der Waals surface area contributed by atoms with Gasteiger partial charge in [0.1, 0.15) is 58.7 Å². The molecule has 1 heterocycles. The number of sulfone groups is 1. The van der Waals surface area contributed by atoms with Crippen LogP contribution in [-0.2, 0) is 60.4 Å². The maximum Gasteiger partial charge on any atom is 0.296 e. The number of fused-ring (bicyclic) bond motifs is 2. The zero-order valence-corrected chi connectivity index (χ0v) is 47.2. The van der Waals surface area contributed by atoms with Gasteiger partial charge in [0.15, 0.2) is 21.3 Å². The quantitative estimate of drug-likeness (QED) is 0.0235. The van der Waals surface area contributed by atoms with Gasteiger partial charge < -0.3 is 30.9 Å². The molecule has 0 atom stereocenters. The predicted molar refractivity (Wildman–Crippen MR) is 292 cm³/mol. The fourth-order valence-corrected chi connectivity index (χ4v) is 11.6. The minimum absolute atomic E-state index is 0.0107. The van der Waals surface area contributed by atoms with E-state index in [1.165, 1.54) is 55.5 Å². The second-order valence-electron chi connectivity index (χ2n) is 17.0. The Morgan fingerprint density at radius 2 is 1.10 bits per heavy atom. The molecule has 0 radical (unpaired) electrons. The third-order valence-corrected chi connectivity index (χ3v) is 17.1. The molecule has 10 N–H and O–H groups in total. The van der Waals surface area contributed by atoms with Gasteiger partial charge in [-0.1, -0.05) is 0 Å². The number of hydrogen-bond acceptors (Lipinski definition) is 27. The molecule has 8 aromatic rings. The molecule has 0 unspecified atom stereocenters. The molecule has 0 aliphatic rings. The fraction of sp³-hybridized carbons (Fsp3) is 0.0682. The second kappa shape index (κ2) is 22.0. The lowest BCUT2D eigenvalue weighted by Gasteiger charge is -2.19. The molecule has 32 nitrogen and oxygen atoms in total. The molecule has 83 heavy (non-hydrogen) atoms. The molecule has 0 amide bonds. The van der Waals surface area contributed by atoms with E-state index >= 15 is 0 Å². The fourth-order valence-electron chi connectivity index (χ4n) is 7.61. The number of aromatic hydroxyl groups is 2. The molecule has 0 saturated carbocycles. The highest BCUT2D eigenvalue weighted by Crippen LogP contribution is 2.49. The summed E-state index contributed by atoms with van der Waals surface area (Å²) in [6.07, 6.45) is 0.933. The van der Waals surface area contributed by atoms with Crippen molar-refractivity contribution in [3.8, 4) is 17.2 Å². The van der Waals surface area contributed by atoms with E-state index in [4.69, 9.17) is 22.1 Å². The number of rotatable bonds is 17. The van der Waals surface area contributed by atoms with Gasteiger partial charge in [0.25, 0.3) is 50.6 Å². The summed E-state index contributed by atoms with van der Waals surface area (Å²) in [5, 5.41) is 46.2. The maximum atomic E-state index is 12.8. The van der Waals surface area contributed by atoms with Crippen molar-refractivity contribution < 1.29 is 88.2 Å². The monoisotopic (exact) mass is 1280 g/mol. The van der Waals surface area contributed by atoms with Crippen LogP contribution in [-0.4, -0.2) is 119 Å². The van der Waals surface area contributed by atoms with Crippen LogP contribution in [0.5, 0.6) is 17.2 Å². The number of methoxy groups -OCH3 is 1. The highest BCUT2D eigenvalue weighted by Gasteiger charge is 2.30. The number of nitrogens with one attached hydrogen (secondary N) is 1. The topological polar surface area (TPSA) is 510 Å². The van der Waals surface area contributed by atoms with Crippen LogP contribution in [0.4, 0.5) is 63.1 Å². The zero-order valence-electron chi connectivity index (χ0n) is 41.6. The smallest absolute Gasteiger partial charge is 0.296 e. The molecule has 0 aliphatic carbocycles. The summed E-state index contributed by atoms with van der Waals surface area (Å²) in [6, 6.07) is 16.5. The van der Waals surface area contributed by atoms with E-state index in [-0.39, 0.29) is 50.4 Å².